The summed E-state index contributed by atoms with van der Waals surface area (Å²) in [5.41, 5.74) is 1.32. The molecule has 0 atom stereocenters. The van der Waals surface area contributed by atoms with E-state index < -0.39 is 17.8 Å². The Morgan fingerprint density at radius 2 is 1.55 bits per heavy atom. The van der Waals surface area contributed by atoms with Crippen LogP contribution in [-0.4, -0.2) is 54.9 Å². The summed E-state index contributed by atoms with van der Waals surface area (Å²) in [4.78, 5) is 51.3. The fraction of sp³-hybridized carbons (Fsp3) is 0.238. The van der Waals surface area contributed by atoms with E-state index in [4.69, 9.17) is 9.47 Å². The Hall–Kier alpha value is -3.68. The standard InChI is InChI=1S/C21H18N2O6/c24-18-13-29-17-8-4-3-7-16(17)22(18)10-9-19(25)28-12-11-23-20(26)14-5-1-2-6-15(14)21(23)27/h1-8H,9-13H2. The molecule has 4 rings (SSSR count). The molecule has 0 bridgehead atoms. The summed E-state index contributed by atoms with van der Waals surface area (Å²) in [6.07, 6.45) is -0.0117. The first-order valence-corrected chi connectivity index (χ1v) is 9.19. The zero-order chi connectivity index (χ0) is 20.4. The Labute approximate surface area is 166 Å². The lowest BCUT2D eigenvalue weighted by Crippen LogP contribution is -2.40. The van der Waals surface area contributed by atoms with Crippen molar-refractivity contribution in [3.63, 3.8) is 0 Å². The third kappa shape index (κ3) is 3.56. The zero-order valence-electron chi connectivity index (χ0n) is 15.5. The molecule has 2 heterocycles. The first-order chi connectivity index (χ1) is 14.1. The minimum atomic E-state index is -0.515. The lowest BCUT2D eigenvalue weighted by atomic mass is 10.1. The van der Waals surface area contributed by atoms with Crippen molar-refractivity contribution in [2.75, 3.05) is 31.2 Å². The third-order valence-corrected chi connectivity index (χ3v) is 4.80. The Morgan fingerprint density at radius 1 is 0.897 bits per heavy atom. The van der Waals surface area contributed by atoms with Gasteiger partial charge in [-0.2, -0.15) is 0 Å². The molecule has 0 fully saturated rings. The average molecular weight is 394 g/mol. The molecule has 0 saturated heterocycles. The fourth-order valence-corrected chi connectivity index (χ4v) is 3.37. The number of esters is 1. The molecule has 0 aliphatic carbocycles. The van der Waals surface area contributed by atoms with Gasteiger partial charge in [-0.3, -0.25) is 24.1 Å². The van der Waals surface area contributed by atoms with E-state index in [1.165, 1.54) is 4.90 Å². The maximum absolute atomic E-state index is 12.3. The molecule has 8 nitrogen and oxygen atoms in total. The van der Waals surface area contributed by atoms with Gasteiger partial charge in [-0.15, -0.1) is 0 Å². The number of nitrogens with zero attached hydrogens (tertiary/aromatic N) is 2. The molecule has 3 amide bonds. The van der Waals surface area contributed by atoms with Crippen LogP contribution in [0.2, 0.25) is 0 Å². The highest BCUT2D eigenvalue weighted by atomic mass is 16.5. The van der Waals surface area contributed by atoms with Gasteiger partial charge in [0.1, 0.15) is 12.4 Å². The first kappa shape index (κ1) is 18.7. The van der Waals surface area contributed by atoms with Crippen LogP contribution >= 0.6 is 0 Å². The molecular formula is C21H18N2O6. The second kappa shape index (κ2) is 7.75. The van der Waals surface area contributed by atoms with Crippen LogP contribution in [0.25, 0.3) is 0 Å². The molecule has 2 aliphatic heterocycles. The zero-order valence-corrected chi connectivity index (χ0v) is 15.5. The number of hydrogen-bond acceptors (Lipinski definition) is 6. The van der Waals surface area contributed by atoms with Gasteiger partial charge in [0.2, 0.25) is 0 Å². The number of ether oxygens (including phenoxy) is 2. The van der Waals surface area contributed by atoms with Crippen LogP contribution in [0.5, 0.6) is 5.75 Å². The van der Waals surface area contributed by atoms with E-state index in [0.717, 1.165) is 4.90 Å². The molecular weight excluding hydrogens is 376 g/mol. The minimum absolute atomic E-state index is 0.0117. The molecule has 0 unspecified atom stereocenters. The number of carbonyl (C=O) groups excluding carboxylic acids is 4. The number of para-hydroxylation sites is 2. The normalized spacial score (nSPS) is 15.1. The summed E-state index contributed by atoms with van der Waals surface area (Å²) in [5, 5.41) is 0. The van der Waals surface area contributed by atoms with Gasteiger partial charge in [0, 0.05) is 6.54 Å². The average Bonchev–Trinajstić information content (AvgIpc) is 2.98. The predicted molar refractivity (Wildman–Crippen MR) is 102 cm³/mol. The molecule has 0 N–H and O–H groups in total. The lowest BCUT2D eigenvalue weighted by Gasteiger charge is -2.29. The van der Waals surface area contributed by atoms with E-state index in [1.807, 2.05) is 0 Å². The maximum Gasteiger partial charge on any atom is 0.307 e. The Balaban J connectivity index is 1.28. The molecule has 2 aliphatic rings. The summed E-state index contributed by atoms with van der Waals surface area (Å²) in [6, 6.07) is 13.7. The van der Waals surface area contributed by atoms with E-state index in [9.17, 15) is 19.2 Å². The summed E-state index contributed by atoms with van der Waals surface area (Å²) >= 11 is 0. The summed E-state index contributed by atoms with van der Waals surface area (Å²) in [7, 11) is 0. The largest absolute Gasteiger partial charge is 0.482 e. The topological polar surface area (TPSA) is 93.2 Å². The molecule has 0 radical (unpaired) electrons. The van der Waals surface area contributed by atoms with E-state index in [2.05, 4.69) is 0 Å². The van der Waals surface area contributed by atoms with Crippen molar-refractivity contribution in [2.24, 2.45) is 0 Å². The highest BCUT2D eigenvalue weighted by molar-refractivity contribution is 6.21. The molecule has 29 heavy (non-hydrogen) atoms. The third-order valence-electron chi connectivity index (χ3n) is 4.80. The fourth-order valence-electron chi connectivity index (χ4n) is 3.37. The molecule has 0 spiro atoms. The van der Waals surface area contributed by atoms with E-state index in [-0.39, 0.29) is 38.6 Å². The quantitative estimate of drug-likeness (QED) is 0.546. The van der Waals surface area contributed by atoms with Crippen LogP contribution in [-0.2, 0) is 14.3 Å². The van der Waals surface area contributed by atoms with E-state index in [0.29, 0.717) is 22.6 Å². The van der Waals surface area contributed by atoms with E-state index >= 15 is 0 Å². The second-order valence-electron chi connectivity index (χ2n) is 6.58. The van der Waals surface area contributed by atoms with Gasteiger partial charge >= 0.3 is 5.97 Å². The van der Waals surface area contributed by atoms with Crippen molar-refractivity contribution < 1.29 is 28.7 Å². The van der Waals surface area contributed by atoms with Crippen LogP contribution in [0.1, 0.15) is 27.1 Å². The molecule has 2 aromatic rings. The number of carbonyl (C=O) groups is 4. The van der Waals surface area contributed by atoms with Crippen molar-refractivity contribution in [1.29, 1.82) is 0 Å². The van der Waals surface area contributed by atoms with Crippen molar-refractivity contribution in [1.82, 2.24) is 4.90 Å². The number of imide groups is 1. The lowest BCUT2D eigenvalue weighted by molar-refractivity contribution is -0.143. The molecule has 0 saturated carbocycles. The van der Waals surface area contributed by atoms with Gasteiger partial charge in [0.15, 0.2) is 6.61 Å². The second-order valence-corrected chi connectivity index (χ2v) is 6.58. The van der Waals surface area contributed by atoms with Crippen molar-refractivity contribution in [3.8, 4) is 5.75 Å². The number of amides is 3. The maximum atomic E-state index is 12.3. The smallest absolute Gasteiger partial charge is 0.307 e. The van der Waals surface area contributed by atoms with Gasteiger partial charge < -0.3 is 14.4 Å². The molecule has 8 heteroatoms. The number of fused-ring (bicyclic) bond motifs is 2. The van der Waals surface area contributed by atoms with Gasteiger partial charge in [0.25, 0.3) is 17.7 Å². The SMILES string of the molecule is O=C(CCN1C(=O)COc2ccccc21)OCCN1C(=O)c2ccccc2C1=O. The summed E-state index contributed by atoms with van der Waals surface area (Å²) < 4.78 is 10.5. The van der Waals surface area contributed by atoms with Gasteiger partial charge in [-0.25, -0.2) is 0 Å². The van der Waals surface area contributed by atoms with Crippen molar-refractivity contribution >= 4 is 29.4 Å². The van der Waals surface area contributed by atoms with Crippen LogP contribution < -0.4 is 9.64 Å². The number of hydrogen-bond donors (Lipinski definition) is 0. The van der Waals surface area contributed by atoms with Crippen LogP contribution in [0.15, 0.2) is 48.5 Å². The molecule has 2 aromatic carbocycles. The van der Waals surface area contributed by atoms with Crippen LogP contribution in [0.4, 0.5) is 5.69 Å². The van der Waals surface area contributed by atoms with Crippen molar-refractivity contribution in [3.05, 3.63) is 59.7 Å². The first-order valence-electron chi connectivity index (χ1n) is 9.19. The van der Waals surface area contributed by atoms with Crippen LogP contribution in [0.3, 0.4) is 0 Å². The monoisotopic (exact) mass is 394 g/mol. The van der Waals surface area contributed by atoms with Crippen molar-refractivity contribution in [2.45, 2.75) is 6.42 Å². The number of rotatable bonds is 6. The Kier molecular flexibility index (Phi) is 4.99. The highest BCUT2D eigenvalue weighted by Gasteiger charge is 2.35. The summed E-state index contributed by atoms with van der Waals surface area (Å²) in [5.74, 6) is -0.943. The summed E-state index contributed by atoms with van der Waals surface area (Å²) in [6.45, 7) is -0.0355. The minimum Gasteiger partial charge on any atom is -0.482 e. The number of anilines is 1. The van der Waals surface area contributed by atoms with E-state index in [1.54, 1.807) is 48.5 Å². The molecule has 148 valence electrons. The van der Waals surface area contributed by atoms with Gasteiger partial charge in [-0.05, 0) is 24.3 Å². The van der Waals surface area contributed by atoms with Gasteiger partial charge in [0.05, 0.1) is 29.8 Å². The predicted octanol–water partition coefficient (Wildman–Crippen LogP) is 1.64. The Morgan fingerprint density at radius 3 is 2.28 bits per heavy atom. The van der Waals surface area contributed by atoms with Gasteiger partial charge in [-0.1, -0.05) is 24.3 Å². The molecule has 0 aromatic heterocycles. The Bertz CT molecular complexity index is 967. The van der Waals surface area contributed by atoms with Crippen LogP contribution in [0, 0.1) is 0 Å². The highest BCUT2D eigenvalue weighted by Crippen LogP contribution is 2.31. The number of benzene rings is 2.